The lowest BCUT2D eigenvalue weighted by Gasteiger charge is -2.35. The minimum atomic E-state index is -4.38. The highest BCUT2D eigenvalue weighted by Gasteiger charge is 2.43. The van der Waals surface area contributed by atoms with E-state index in [0.717, 1.165) is 0 Å². The molecule has 2 rings (SSSR count). The smallest absolute Gasteiger partial charge is 0.350 e. The Morgan fingerprint density at radius 1 is 1.48 bits per heavy atom. The summed E-state index contributed by atoms with van der Waals surface area (Å²) in [4.78, 5) is 13.2. The number of hydrogen-bond acceptors (Lipinski definition) is 4. The molecule has 118 valence electrons. The third-order valence-corrected chi connectivity index (χ3v) is 3.50. The van der Waals surface area contributed by atoms with Gasteiger partial charge >= 0.3 is 6.18 Å². The molecule has 6 nitrogen and oxygen atoms in total. The Balaban J connectivity index is 1.99. The number of aromatic amines is 1. The summed E-state index contributed by atoms with van der Waals surface area (Å²) in [6.07, 6.45) is -3.08. The van der Waals surface area contributed by atoms with Crippen LogP contribution in [0.1, 0.15) is 16.1 Å². The molecule has 0 saturated carbocycles. The fraction of sp³-hybridized carbons (Fsp3) is 0.667. The summed E-state index contributed by atoms with van der Waals surface area (Å²) in [5.41, 5.74) is 0.787. The van der Waals surface area contributed by atoms with Crippen molar-refractivity contribution < 1.29 is 18.0 Å². The summed E-state index contributed by atoms with van der Waals surface area (Å²) in [6.45, 7) is 2.82. The maximum atomic E-state index is 13.1. The average Bonchev–Trinajstić information content (AvgIpc) is 2.85. The monoisotopic (exact) mass is 305 g/mol. The number of aromatic nitrogens is 2. The highest BCUT2D eigenvalue weighted by molar-refractivity contribution is 5.94. The summed E-state index contributed by atoms with van der Waals surface area (Å²) in [5, 5.41) is 11.6. The third kappa shape index (κ3) is 3.94. The van der Waals surface area contributed by atoms with Crippen LogP contribution in [0.25, 0.3) is 0 Å². The second-order valence-electron chi connectivity index (χ2n) is 4.96. The van der Waals surface area contributed by atoms with Gasteiger partial charge in [0.1, 0.15) is 6.04 Å². The molecule has 21 heavy (non-hydrogen) atoms. The number of alkyl halides is 3. The Kier molecular flexibility index (Phi) is 4.84. The van der Waals surface area contributed by atoms with Crippen LogP contribution in [-0.4, -0.2) is 65.9 Å². The number of rotatable bonds is 4. The minimum absolute atomic E-state index is 0.260. The normalized spacial score (nSPS) is 18.5. The van der Waals surface area contributed by atoms with Gasteiger partial charge in [-0.1, -0.05) is 0 Å². The quantitative estimate of drug-likeness (QED) is 0.747. The second kappa shape index (κ2) is 6.44. The lowest BCUT2D eigenvalue weighted by Crippen LogP contribution is -2.57. The highest BCUT2D eigenvalue weighted by atomic mass is 19.4. The van der Waals surface area contributed by atoms with Crippen molar-refractivity contribution >= 4 is 5.91 Å². The fourth-order valence-corrected chi connectivity index (χ4v) is 2.31. The van der Waals surface area contributed by atoms with Gasteiger partial charge < -0.3 is 10.6 Å². The highest BCUT2D eigenvalue weighted by Crippen LogP contribution is 2.24. The molecule has 3 N–H and O–H groups in total. The molecular weight excluding hydrogens is 287 g/mol. The number of piperazine rings is 1. The molecule has 1 fully saturated rings. The Morgan fingerprint density at radius 2 is 2.14 bits per heavy atom. The number of nitrogens with zero attached hydrogens (tertiary/aromatic N) is 2. The predicted molar refractivity (Wildman–Crippen MR) is 69.9 cm³/mol. The number of amides is 1. The number of carbonyl (C=O) groups is 1. The van der Waals surface area contributed by atoms with Gasteiger partial charge in [-0.05, 0) is 6.92 Å². The van der Waals surface area contributed by atoms with Crippen molar-refractivity contribution in [3.8, 4) is 0 Å². The second-order valence-corrected chi connectivity index (χ2v) is 4.96. The Morgan fingerprint density at radius 3 is 2.67 bits per heavy atom. The van der Waals surface area contributed by atoms with E-state index in [9.17, 15) is 18.0 Å². The lowest BCUT2D eigenvalue weighted by atomic mass is 10.2. The number of aryl methyl sites for hydroxylation is 1. The van der Waals surface area contributed by atoms with Crippen molar-refractivity contribution in [1.29, 1.82) is 0 Å². The van der Waals surface area contributed by atoms with Crippen LogP contribution in [0.5, 0.6) is 0 Å². The minimum Gasteiger partial charge on any atom is -0.350 e. The van der Waals surface area contributed by atoms with Crippen molar-refractivity contribution in [2.24, 2.45) is 0 Å². The molecular formula is C12H18F3N5O. The molecule has 0 bridgehead atoms. The molecule has 0 aromatic carbocycles. The molecule has 2 heterocycles. The van der Waals surface area contributed by atoms with Crippen LogP contribution in [-0.2, 0) is 0 Å². The van der Waals surface area contributed by atoms with Crippen LogP contribution in [0.15, 0.2) is 6.20 Å². The molecule has 0 spiro atoms. The van der Waals surface area contributed by atoms with Gasteiger partial charge in [-0.2, -0.15) is 18.3 Å². The Labute approximate surface area is 120 Å². The molecule has 0 radical (unpaired) electrons. The first-order valence-electron chi connectivity index (χ1n) is 6.69. The molecule has 1 aliphatic heterocycles. The number of nitrogens with one attached hydrogen (secondary N) is 3. The summed E-state index contributed by atoms with van der Waals surface area (Å²) in [6, 6.07) is -1.67. The molecule has 1 saturated heterocycles. The zero-order valence-electron chi connectivity index (χ0n) is 11.6. The van der Waals surface area contributed by atoms with E-state index >= 15 is 0 Å². The first-order chi connectivity index (χ1) is 9.89. The van der Waals surface area contributed by atoms with Gasteiger partial charge in [0.15, 0.2) is 0 Å². The van der Waals surface area contributed by atoms with E-state index < -0.39 is 24.7 Å². The van der Waals surface area contributed by atoms with E-state index in [-0.39, 0.29) is 5.56 Å². The van der Waals surface area contributed by atoms with Crippen molar-refractivity contribution in [2.75, 3.05) is 32.7 Å². The van der Waals surface area contributed by atoms with Gasteiger partial charge in [-0.15, -0.1) is 0 Å². The first-order valence-corrected chi connectivity index (χ1v) is 6.69. The summed E-state index contributed by atoms with van der Waals surface area (Å²) in [5.74, 6) is -0.550. The molecule has 1 aromatic rings. The topological polar surface area (TPSA) is 73.0 Å². The van der Waals surface area contributed by atoms with Gasteiger partial charge in [0.05, 0.1) is 11.8 Å². The summed E-state index contributed by atoms with van der Waals surface area (Å²) >= 11 is 0. The molecule has 1 unspecified atom stereocenters. The van der Waals surface area contributed by atoms with Gasteiger partial charge in [-0.25, -0.2) is 0 Å². The third-order valence-electron chi connectivity index (χ3n) is 3.50. The maximum absolute atomic E-state index is 13.1. The van der Waals surface area contributed by atoms with Crippen molar-refractivity contribution in [1.82, 2.24) is 25.7 Å². The average molecular weight is 305 g/mol. The van der Waals surface area contributed by atoms with E-state index in [1.54, 1.807) is 6.92 Å². The largest absolute Gasteiger partial charge is 0.405 e. The molecule has 1 amide bonds. The van der Waals surface area contributed by atoms with Gasteiger partial charge in [0.25, 0.3) is 5.91 Å². The van der Waals surface area contributed by atoms with Crippen LogP contribution < -0.4 is 10.6 Å². The van der Waals surface area contributed by atoms with Crippen molar-refractivity contribution in [2.45, 2.75) is 19.1 Å². The van der Waals surface area contributed by atoms with Gasteiger partial charge in [0, 0.05) is 38.4 Å². The van der Waals surface area contributed by atoms with Gasteiger partial charge in [-0.3, -0.25) is 14.8 Å². The maximum Gasteiger partial charge on any atom is 0.405 e. The molecule has 1 aromatic heterocycles. The molecule has 1 aliphatic rings. The fourth-order valence-electron chi connectivity index (χ4n) is 2.31. The number of hydrogen-bond donors (Lipinski definition) is 3. The number of H-pyrrole nitrogens is 1. The van der Waals surface area contributed by atoms with Gasteiger partial charge in [0.2, 0.25) is 0 Å². The predicted octanol–water partition coefficient (Wildman–Crippen LogP) is 0.284. The van der Waals surface area contributed by atoms with E-state index in [1.165, 1.54) is 11.1 Å². The molecule has 9 heteroatoms. The standard InChI is InChI=1S/C12H18F3N5O/c1-8-9(6-18-19-8)11(21)17-7-10(12(13,14)15)20-4-2-16-3-5-20/h6,10,16H,2-5,7H2,1H3,(H,17,21)(H,18,19). The number of halogens is 3. The number of carbonyl (C=O) groups excluding carboxylic acids is 1. The molecule has 0 aliphatic carbocycles. The van der Waals surface area contributed by atoms with E-state index in [0.29, 0.717) is 31.9 Å². The first kappa shape index (κ1) is 15.8. The zero-order chi connectivity index (χ0) is 15.5. The van der Waals surface area contributed by atoms with Crippen LogP contribution in [0.2, 0.25) is 0 Å². The zero-order valence-corrected chi connectivity index (χ0v) is 11.6. The van der Waals surface area contributed by atoms with E-state index in [2.05, 4.69) is 20.8 Å². The van der Waals surface area contributed by atoms with Crippen LogP contribution >= 0.6 is 0 Å². The van der Waals surface area contributed by atoms with E-state index in [1.807, 2.05) is 0 Å². The summed E-state index contributed by atoms with van der Waals surface area (Å²) < 4.78 is 39.4. The van der Waals surface area contributed by atoms with Crippen molar-refractivity contribution in [3.05, 3.63) is 17.5 Å². The Hall–Kier alpha value is -1.61. The lowest BCUT2D eigenvalue weighted by molar-refractivity contribution is -0.183. The summed E-state index contributed by atoms with van der Waals surface area (Å²) in [7, 11) is 0. The van der Waals surface area contributed by atoms with Crippen LogP contribution in [0.3, 0.4) is 0 Å². The Bertz CT molecular complexity index is 481. The van der Waals surface area contributed by atoms with Crippen LogP contribution in [0.4, 0.5) is 13.2 Å². The molecule has 1 atom stereocenters. The van der Waals surface area contributed by atoms with E-state index in [4.69, 9.17) is 0 Å². The van der Waals surface area contributed by atoms with Crippen LogP contribution in [0, 0.1) is 6.92 Å². The SMILES string of the molecule is Cc1[nH]ncc1C(=O)NCC(N1CCNCC1)C(F)(F)F. The van der Waals surface area contributed by atoms with Crippen molar-refractivity contribution in [3.63, 3.8) is 0 Å².